The van der Waals surface area contributed by atoms with E-state index in [0.29, 0.717) is 27.2 Å². The third kappa shape index (κ3) is 2.57. The van der Waals surface area contributed by atoms with E-state index in [1.165, 1.54) is 0 Å². The van der Waals surface area contributed by atoms with E-state index in [-0.39, 0.29) is 0 Å². The predicted molar refractivity (Wildman–Crippen MR) is 106 cm³/mol. The van der Waals surface area contributed by atoms with Crippen LogP contribution in [0.4, 0.5) is 0 Å². The first-order valence-corrected chi connectivity index (χ1v) is 8.97. The SMILES string of the molecule is Cc1ccc(-n2ncc3c2ncn2c(-c4cccc(Cl)c4)nnc32)cc1Cl. The van der Waals surface area contributed by atoms with E-state index >= 15 is 0 Å². The first-order chi connectivity index (χ1) is 13.1. The minimum absolute atomic E-state index is 0.641. The molecule has 0 fully saturated rings. The molecule has 0 amide bonds. The number of hydrogen-bond donors (Lipinski definition) is 0. The van der Waals surface area contributed by atoms with Crippen molar-refractivity contribution < 1.29 is 0 Å². The summed E-state index contributed by atoms with van der Waals surface area (Å²) in [5.41, 5.74) is 4.09. The fourth-order valence-corrected chi connectivity index (χ4v) is 3.41. The largest absolute Gasteiger partial charge is 0.265 e. The molecule has 0 unspecified atom stereocenters. The first kappa shape index (κ1) is 16.2. The van der Waals surface area contributed by atoms with Crippen LogP contribution < -0.4 is 0 Å². The number of hydrogen-bond acceptors (Lipinski definition) is 4. The molecule has 0 radical (unpaired) electrons. The Morgan fingerprint density at radius 2 is 1.85 bits per heavy atom. The smallest absolute Gasteiger partial charge is 0.175 e. The monoisotopic (exact) mass is 394 g/mol. The van der Waals surface area contributed by atoms with Crippen LogP contribution in [0.2, 0.25) is 10.0 Å². The quantitative estimate of drug-likeness (QED) is 0.433. The van der Waals surface area contributed by atoms with E-state index in [1.54, 1.807) is 17.2 Å². The topological polar surface area (TPSA) is 60.9 Å². The summed E-state index contributed by atoms with van der Waals surface area (Å²) in [5, 5.41) is 15.3. The van der Waals surface area contributed by atoms with Crippen LogP contribution in [0.5, 0.6) is 0 Å². The van der Waals surface area contributed by atoms with Gasteiger partial charge in [0.2, 0.25) is 0 Å². The molecule has 0 bridgehead atoms. The van der Waals surface area contributed by atoms with Gasteiger partial charge in [0.1, 0.15) is 6.33 Å². The highest BCUT2D eigenvalue weighted by atomic mass is 35.5. The molecule has 8 heteroatoms. The molecule has 0 saturated carbocycles. The summed E-state index contributed by atoms with van der Waals surface area (Å²) in [6.45, 7) is 1.96. The summed E-state index contributed by atoms with van der Waals surface area (Å²) in [4.78, 5) is 4.59. The second-order valence-corrected chi connectivity index (χ2v) is 7.04. The highest BCUT2D eigenvalue weighted by Gasteiger charge is 2.15. The third-order valence-corrected chi connectivity index (χ3v) is 5.10. The van der Waals surface area contributed by atoms with Gasteiger partial charge in [-0.15, -0.1) is 10.2 Å². The Morgan fingerprint density at radius 1 is 0.963 bits per heavy atom. The predicted octanol–water partition coefficient (Wildman–Crippen LogP) is 4.75. The Kier molecular flexibility index (Phi) is 3.63. The summed E-state index contributed by atoms with van der Waals surface area (Å²) in [7, 11) is 0. The summed E-state index contributed by atoms with van der Waals surface area (Å²) in [5.74, 6) is 0.674. The van der Waals surface area contributed by atoms with Gasteiger partial charge in [0.25, 0.3) is 0 Å². The summed E-state index contributed by atoms with van der Waals surface area (Å²) in [6.07, 6.45) is 3.43. The maximum absolute atomic E-state index is 6.26. The normalized spacial score (nSPS) is 11.5. The first-order valence-electron chi connectivity index (χ1n) is 8.22. The number of nitrogens with zero attached hydrogens (tertiary/aromatic N) is 6. The van der Waals surface area contributed by atoms with Crippen LogP contribution in [0.3, 0.4) is 0 Å². The lowest BCUT2D eigenvalue weighted by atomic mass is 10.2. The van der Waals surface area contributed by atoms with Crippen molar-refractivity contribution in [1.82, 2.24) is 29.4 Å². The maximum atomic E-state index is 6.26. The Morgan fingerprint density at radius 3 is 2.67 bits per heavy atom. The van der Waals surface area contributed by atoms with Gasteiger partial charge in [-0.25, -0.2) is 9.67 Å². The van der Waals surface area contributed by atoms with Gasteiger partial charge in [-0.05, 0) is 36.8 Å². The van der Waals surface area contributed by atoms with Crippen molar-refractivity contribution in [1.29, 1.82) is 0 Å². The van der Waals surface area contributed by atoms with Crippen LogP contribution in [-0.4, -0.2) is 29.4 Å². The number of aromatic nitrogens is 6. The lowest BCUT2D eigenvalue weighted by molar-refractivity contribution is 0.893. The fourth-order valence-electron chi connectivity index (χ4n) is 3.05. The van der Waals surface area contributed by atoms with Crippen LogP contribution in [0.25, 0.3) is 33.8 Å². The van der Waals surface area contributed by atoms with Gasteiger partial charge in [-0.2, -0.15) is 5.10 Å². The maximum Gasteiger partial charge on any atom is 0.175 e. The average Bonchev–Trinajstić information content (AvgIpc) is 3.27. The Bertz CT molecular complexity index is 1320. The molecule has 27 heavy (non-hydrogen) atoms. The number of halogens is 2. The number of rotatable bonds is 2. The molecule has 0 saturated heterocycles. The molecule has 3 heterocycles. The van der Waals surface area contributed by atoms with Crippen molar-refractivity contribution in [3.63, 3.8) is 0 Å². The van der Waals surface area contributed by atoms with Crippen molar-refractivity contribution in [2.45, 2.75) is 6.92 Å². The van der Waals surface area contributed by atoms with Crippen LogP contribution in [0.15, 0.2) is 55.0 Å². The van der Waals surface area contributed by atoms with Crippen molar-refractivity contribution in [3.05, 3.63) is 70.6 Å². The minimum atomic E-state index is 0.641. The molecule has 5 aromatic rings. The van der Waals surface area contributed by atoms with Crippen LogP contribution in [0, 0.1) is 6.92 Å². The van der Waals surface area contributed by atoms with Gasteiger partial charge in [0, 0.05) is 15.6 Å². The molecular formula is C19H12Cl2N6. The van der Waals surface area contributed by atoms with E-state index < -0.39 is 0 Å². The second kappa shape index (κ2) is 6.04. The highest BCUT2D eigenvalue weighted by molar-refractivity contribution is 6.31. The highest BCUT2D eigenvalue weighted by Crippen LogP contribution is 2.26. The summed E-state index contributed by atoms with van der Waals surface area (Å²) < 4.78 is 3.58. The Hall–Kier alpha value is -2.96. The van der Waals surface area contributed by atoms with Crippen molar-refractivity contribution in [2.75, 3.05) is 0 Å². The second-order valence-electron chi connectivity index (χ2n) is 6.20. The minimum Gasteiger partial charge on any atom is -0.265 e. The van der Waals surface area contributed by atoms with Gasteiger partial charge < -0.3 is 0 Å². The zero-order valence-corrected chi connectivity index (χ0v) is 15.6. The lowest BCUT2D eigenvalue weighted by Crippen LogP contribution is -1.99. The van der Waals surface area contributed by atoms with Crippen LogP contribution in [-0.2, 0) is 0 Å². The number of benzene rings is 2. The molecule has 5 rings (SSSR count). The average molecular weight is 395 g/mol. The number of aryl methyl sites for hydroxylation is 1. The Labute approximate surface area is 164 Å². The standard InChI is InChI=1S/C19H12Cl2N6/c1-11-5-6-14(8-16(11)21)27-18-15(9-23-27)19-25-24-17(26(19)10-22-18)12-3-2-4-13(20)7-12/h2-10H,1H3. The zero-order valence-electron chi connectivity index (χ0n) is 14.1. The molecule has 6 nitrogen and oxygen atoms in total. The van der Waals surface area contributed by atoms with Gasteiger partial charge in [0.15, 0.2) is 17.1 Å². The number of fused-ring (bicyclic) bond motifs is 3. The summed E-state index contributed by atoms with van der Waals surface area (Å²) >= 11 is 12.4. The van der Waals surface area contributed by atoms with Gasteiger partial charge in [-0.1, -0.05) is 41.4 Å². The van der Waals surface area contributed by atoms with Gasteiger partial charge in [0.05, 0.1) is 17.3 Å². The van der Waals surface area contributed by atoms with Crippen LogP contribution in [0.1, 0.15) is 5.56 Å². The molecule has 3 aromatic heterocycles. The van der Waals surface area contributed by atoms with Crippen molar-refractivity contribution in [3.8, 4) is 17.1 Å². The van der Waals surface area contributed by atoms with E-state index in [4.69, 9.17) is 23.2 Å². The molecular weight excluding hydrogens is 383 g/mol. The van der Waals surface area contributed by atoms with Crippen molar-refractivity contribution in [2.24, 2.45) is 0 Å². The van der Waals surface area contributed by atoms with Crippen molar-refractivity contribution >= 4 is 39.9 Å². The zero-order chi connectivity index (χ0) is 18.5. The van der Waals surface area contributed by atoms with Gasteiger partial charge in [-0.3, -0.25) is 4.40 Å². The van der Waals surface area contributed by atoms with E-state index in [2.05, 4.69) is 20.3 Å². The summed E-state index contributed by atoms with van der Waals surface area (Å²) in [6, 6.07) is 13.3. The molecule has 0 aliphatic carbocycles. The lowest BCUT2D eigenvalue weighted by Gasteiger charge is -2.05. The molecule has 132 valence electrons. The molecule has 0 aliphatic rings. The fraction of sp³-hybridized carbons (Fsp3) is 0.0526. The Balaban J connectivity index is 1.71. The van der Waals surface area contributed by atoms with E-state index in [0.717, 1.165) is 22.2 Å². The molecule has 0 aliphatic heterocycles. The van der Waals surface area contributed by atoms with E-state index in [1.807, 2.05) is 53.8 Å². The molecule has 0 spiro atoms. The van der Waals surface area contributed by atoms with Gasteiger partial charge >= 0.3 is 0 Å². The molecule has 0 atom stereocenters. The molecule has 2 aromatic carbocycles. The third-order valence-electron chi connectivity index (χ3n) is 4.46. The molecule has 0 N–H and O–H groups in total. The van der Waals surface area contributed by atoms with Crippen LogP contribution >= 0.6 is 23.2 Å². The van der Waals surface area contributed by atoms with E-state index in [9.17, 15) is 0 Å².